The van der Waals surface area contributed by atoms with Gasteiger partial charge >= 0.3 is 5.97 Å². The van der Waals surface area contributed by atoms with Gasteiger partial charge in [0.15, 0.2) is 11.5 Å². The second kappa shape index (κ2) is 7.51. The zero-order valence-electron chi connectivity index (χ0n) is 14.7. The molecule has 0 saturated carbocycles. The summed E-state index contributed by atoms with van der Waals surface area (Å²) in [6.45, 7) is 4.43. The van der Waals surface area contributed by atoms with Crippen LogP contribution in [0.4, 0.5) is 0 Å². The minimum Gasteiger partial charge on any atom is -0.490 e. The number of hydrogen-bond donors (Lipinski definition) is 2. The molecule has 1 atom stereocenters. The number of carbonyl (C=O) groups excluding carboxylic acids is 1. The molecule has 2 aromatic rings. The van der Waals surface area contributed by atoms with Gasteiger partial charge in [-0.25, -0.2) is 4.79 Å². The molecular weight excluding hydrogens is 338 g/mol. The van der Waals surface area contributed by atoms with Gasteiger partial charge in [-0.15, -0.1) is 0 Å². The SMILES string of the molecule is CCOc1cccc2c1OC[C@@H](C(=O)NCc1cc(C(=O)O)c(C)o1)C2. The van der Waals surface area contributed by atoms with Crippen molar-refractivity contribution in [3.05, 3.63) is 46.9 Å². The smallest absolute Gasteiger partial charge is 0.339 e. The number of nitrogens with one attached hydrogen (secondary N) is 1. The molecule has 7 heteroatoms. The first-order valence-electron chi connectivity index (χ1n) is 8.47. The largest absolute Gasteiger partial charge is 0.490 e. The highest BCUT2D eigenvalue weighted by Crippen LogP contribution is 2.36. The van der Waals surface area contributed by atoms with Crippen LogP contribution < -0.4 is 14.8 Å². The molecule has 0 radical (unpaired) electrons. The molecule has 1 aliphatic heterocycles. The predicted molar refractivity (Wildman–Crippen MR) is 92.6 cm³/mol. The van der Waals surface area contributed by atoms with E-state index in [2.05, 4.69) is 5.32 Å². The Hall–Kier alpha value is -2.96. The minimum absolute atomic E-state index is 0.104. The molecule has 1 aliphatic rings. The summed E-state index contributed by atoms with van der Waals surface area (Å²) in [7, 11) is 0. The molecule has 1 aromatic carbocycles. The molecule has 0 aliphatic carbocycles. The second-order valence-corrected chi connectivity index (χ2v) is 6.09. The van der Waals surface area contributed by atoms with E-state index >= 15 is 0 Å². The van der Waals surface area contributed by atoms with Crippen molar-refractivity contribution in [1.82, 2.24) is 5.32 Å². The van der Waals surface area contributed by atoms with E-state index in [1.54, 1.807) is 6.92 Å². The molecule has 0 bridgehead atoms. The average molecular weight is 359 g/mol. The number of hydrogen-bond acceptors (Lipinski definition) is 5. The van der Waals surface area contributed by atoms with Gasteiger partial charge in [-0.2, -0.15) is 0 Å². The Kier molecular flexibility index (Phi) is 5.16. The third kappa shape index (κ3) is 3.66. The Morgan fingerprint density at radius 3 is 2.88 bits per heavy atom. The highest BCUT2D eigenvalue weighted by Gasteiger charge is 2.28. The van der Waals surface area contributed by atoms with Crippen LogP contribution in [0, 0.1) is 12.8 Å². The van der Waals surface area contributed by atoms with Crippen LogP contribution in [0.5, 0.6) is 11.5 Å². The van der Waals surface area contributed by atoms with Crippen molar-refractivity contribution in [3.63, 3.8) is 0 Å². The predicted octanol–water partition coefficient (Wildman–Crippen LogP) is 2.55. The highest BCUT2D eigenvalue weighted by atomic mass is 16.5. The lowest BCUT2D eigenvalue weighted by atomic mass is 9.95. The van der Waals surface area contributed by atoms with Crippen LogP contribution in [-0.4, -0.2) is 30.2 Å². The fourth-order valence-electron chi connectivity index (χ4n) is 2.99. The number of carbonyl (C=O) groups is 2. The van der Waals surface area contributed by atoms with Crippen LogP contribution in [0.15, 0.2) is 28.7 Å². The van der Waals surface area contributed by atoms with Crippen molar-refractivity contribution < 1.29 is 28.6 Å². The lowest BCUT2D eigenvalue weighted by Gasteiger charge is -2.26. The summed E-state index contributed by atoms with van der Waals surface area (Å²) in [4.78, 5) is 23.5. The topological polar surface area (TPSA) is 98.0 Å². The fraction of sp³-hybridized carbons (Fsp3) is 0.368. The zero-order chi connectivity index (χ0) is 18.7. The van der Waals surface area contributed by atoms with Crippen molar-refractivity contribution in [2.45, 2.75) is 26.8 Å². The van der Waals surface area contributed by atoms with E-state index < -0.39 is 5.97 Å². The van der Waals surface area contributed by atoms with Crippen molar-refractivity contribution in [2.24, 2.45) is 5.92 Å². The first kappa shape index (κ1) is 17.8. The molecule has 7 nitrogen and oxygen atoms in total. The van der Waals surface area contributed by atoms with Gasteiger partial charge in [0.2, 0.25) is 5.91 Å². The maximum Gasteiger partial charge on any atom is 0.339 e. The summed E-state index contributed by atoms with van der Waals surface area (Å²) < 4.78 is 16.7. The number of para-hydroxylation sites is 1. The molecule has 3 rings (SSSR count). The molecule has 0 fully saturated rings. The number of ether oxygens (including phenoxy) is 2. The number of amides is 1. The van der Waals surface area contributed by atoms with E-state index in [1.807, 2.05) is 25.1 Å². The van der Waals surface area contributed by atoms with Gasteiger partial charge in [0.25, 0.3) is 0 Å². The number of benzene rings is 1. The number of fused-ring (bicyclic) bond motifs is 1. The summed E-state index contributed by atoms with van der Waals surface area (Å²) in [6.07, 6.45) is 0.555. The minimum atomic E-state index is -1.05. The van der Waals surface area contributed by atoms with E-state index in [9.17, 15) is 9.59 Å². The molecule has 26 heavy (non-hydrogen) atoms. The number of furan rings is 1. The lowest BCUT2D eigenvalue weighted by Crippen LogP contribution is -2.37. The quantitative estimate of drug-likeness (QED) is 0.822. The molecular formula is C19H21NO6. The van der Waals surface area contributed by atoms with Crippen LogP contribution >= 0.6 is 0 Å². The van der Waals surface area contributed by atoms with E-state index in [-0.39, 0.29) is 30.5 Å². The van der Waals surface area contributed by atoms with Crippen molar-refractivity contribution in [1.29, 1.82) is 0 Å². The number of aryl methyl sites for hydroxylation is 1. The maximum absolute atomic E-state index is 12.4. The Morgan fingerprint density at radius 2 is 2.19 bits per heavy atom. The van der Waals surface area contributed by atoms with Gasteiger partial charge < -0.3 is 24.3 Å². The summed E-state index contributed by atoms with van der Waals surface area (Å²) in [6, 6.07) is 7.08. The Balaban J connectivity index is 1.62. The summed E-state index contributed by atoms with van der Waals surface area (Å²) in [5.74, 6) is 0.579. The lowest BCUT2D eigenvalue weighted by molar-refractivity contribution is -0.126. The number of aromatic carboxylic acids is 1. The van der Waals surface area contributed by atoms with Gasteiger partial charge in [0.05, 0.1) is 19.1 Å². The molecule has 0 unspecified atom stereocenters. The molecule has 0 saturated heterocycles. The number of carboxylic acid groups (broad SMARTS) is 1. The van der Waals surface area contributed by atoms with Gasteiger partial charge in [0.1, 0.15) is 23.7 Å². The van der Waals surface area contributed by atoms with Gasteiger partial charge in [-0.1, -0.05) is 12.1 Å². The first-order chi connectivity index (χ1) is 12.5. The third-order valence-electron chi connectivity index (χ3n) is 4.26. The van der Waals surface area contributed by atoms with Crippen molar-refractivity contribution >= 4 is 11.9 Å². The average Bonchev–Trinajstić information content (AvgIpc) is 3.01. The summed E-state index contributed by atoms with van der Waals surface area (Å²) in [5.41, 5.74) is 1.04. The number of carboxylic acids is 1. The fourth-order valence-corrected chi connectivity index (χ4v) is 2.99. The molecule has 2 N–H and O–H groups in total. The molecule has 1 amide bonds. The molecule has 2 heterocycles. The third-order valence-corrected chi connectivity index (χ3v) is 4.26. The van der Waals surface area contributed by atoms with Crippen LogP contribution in [-0.2, 0) is 17.8 Å². The monoisotopic (exact) mass is 359 g/mol. The summed E-state index contributed by atoms with van der Waals surface area (Å²) >= 11 is 0. The highest BCUT2D eigenvalue weighted by molar-refractivity contribution is 5.88. The van der Waals surface area contributed by atoms with Crippen LogP contribution in [0.25, 0.3) is 0 Å². The normalized spacial score (nSPS) is 15.7. The van der Waals surface area contributed by atoms with Crippen molar-refractivity contribution in [2.75, 3.05) is 13.2 Å². The van der Waals surface area contributed by atoms with Gasteiger partial charge in [0, 0.05) is 0 Å². The van der Waals surface area contributed by atoms with E-state index in [1.165, 1.54) is 6.07 Å². The Bertz CT molecular complexity index is 825. The molecule has 0 spiro atoms. The van der Waals surface area contributed by atoms with Crippen LogP contribution in [0.2, 0.25) is 0 Å². The van der Waals surface area contributed by atoms with Gasteiger partial charge in [-0.3, -0.25) is 4.79 Å². The van der Waals surface area contributed by atoms with Crippen LogP contribution in [0.1, 0.15) is 34.4 Å². The first-order valence-corrected chi connectivity index (χ1v) is 8.47. The Labute approximate surface area is 150 Å². The van der Waals surface area contributed by atoms with Crippen LogP contribution in [0.3, 0.4) is 0 Å². The number of rotatable bonds is 6. The molecule has 138 valence electrons. The second-order valence-electron chi connectivity index (χ2n) is 6.09. The molecule has 1 aromatic heterocycles. The summed E-state index contributed by atoms with van der Waals surface area (Å²) in [5, 5.41) is 11.8. The standard InChI is InChI=1S/C19H21NO6/c1-3-24-16-6-4-5-12-7-13(10-25-17(12)16)18(21)20-9-14-8-15(19(22)23)11(2)26-14/h4-6,8,13H,3,7,9-10H2,1-2H3,(H,20,21)(H,22,23)/t13-/m0/s1. The van der Waals surface area contributed by atoms with E-state index in [0.29, 0.717) is 36.0 Å². The zero-order valence-corrected chi connectivity index (χ0v) is 14.7. The van der Waals surface area contributed by atoms with Crippen molar-refractivity contribution in [3.8, 4) is 11.5 Å². The van der Waals surface area contributed by atoms with Gasteiger partial charge in [-0.05, 0) is 38.0 Å². The van der Waals surface area contributed by atoms with E-state index in [0.717, 1.165) is 5.56 Å². The maximum atomic E-state index is 12.4. The van der Waals surface area contributed by atoms with E-state index in [4.69, 9.17) is 19.0 Å². The Morgan fingerprint density at radius 1 is 1.38 bits per heavy atom.